The third-order valence-electron chi connectivity index (χ3n) is 2.53. The molecule has 0 heterocycles. The van der Waals surface area contributed by atoms with Crippen molar-refractivity contribution in [3.05, 3.63) is 0 Å². The molecule has 0 aromatic rings. The smallest absolute Gasteiger partial charge is 0.336 e. The van der Waals surface area contributed by atoms with Gasteiger partial charge in [-0.15, -0.1) is 0 Å². The van der Waals surface area contributed by atoms with Gasteiger partial charge in [-0.1, -0.05) is 15.9 Å². The van der Waals surface area contributed by atoms with Gasteiger partial charge in [-0.25, -0.2) is 4.79 Å². The first-order valence-corrected chi connectivity index (χ1v) is 7.64. The number of hydrogen-bond donors (Lipinski definition) is 2. The van der Waals surface area contributed by atoms with Gasteiger partial charge < -0.3 is 24.4 Å². The molecule has 0 aliphatic heterocycles. The van der Waals surface area contributed by atoms with E-state index in [1.165, 1.54) is 0 Å². The summed E-state index contributed by atoms with van der Waals surface area (Å²) in [4.78, 5) is 56.6. The zero-order valence-electron chi connectivity index (χ0n) is 13.1. The van der Waals surface area contributed by atoms with Crippen LogP contribution in [-0.4, -0.2) is 69.6 Å². The number of rotatable bonds is 9. The molecule has 2 N–H and O–H groups in total. The second-order valence-corrected chi connectivity index (χ2v) is 5.12. The maximum atomic E-state index is 12.0. The predicted octanol–water partition coefficient (Wildman–Crippen LogP) is -0.809. The van der Waals surface area contributed by atoms with E-state index in [1.807, 2.05) is 0 Å². The lowest BCUT2D eigenvalue weighted by Gasteiger charge is -2.32. The van der Waals surface area contributed by atoms with Crippen molar-refractivity contribution in [3.63, 3.8) is 0 Å². The Morgan fingerprint density at radius 1 is 0.875 bits per heavy atom. The molecule has 0 unspecified atom stereocenters. The van der Waals surface area contributed by atoms with Crippen LogP contribution in [0.2, 0.25) is 0 Å². The van der Waals surface area contributed by atoms with E-state index in [9.17, 15) is 29.1 Å². The zero-order chi connectivity index (χ0) is 19.0. The Kier molecular flexibility index (Phi) is 9.14. The highest BCUT2D eigenvalue weighted by molar-refractivity contribution is 9.09. The first kappa shape index (κ1) is 22.0. The summed E-state index contributed by atoms with van der Waals surface area (Å²) in [7, 11) is 0. The fraction of sp³-hybridized carbons (Fsp3) is 0.615. The van der Waals surface area contributed by atoms with Crippen LogP contribution in [0.5, 0.6) is 0 Å². The Balaban J connectivity index is 5.96. The lowest BCUT2D eigenvalue weighted by molar-refractivity contribution is -0.197. The third kappa shape index (κ3) is 7.04. The molecule has 136 valence electrons. The molecule has 0 aromatic heterocycles. The van der Waals surface area contributed by atoms with Crippen LogP contribution in [0.1, 0.15) is 20.8 Å². The number of hydrogen-bond acceptors (Lipinski definition) is 9. The quantitative estimate of drug-likeness (QED) is 0.279. The Labute approximate surface area is 145 Å². The molecule has 0 aliphatic rings. The van der Waals surface area contributed by atoms with Crippen LogP contribution in [0.3, 0.4) is 0 Å². The summed E-state index contributed by atoms with van der Waals surface area (Å²) in [5, 5.41) is 18.3. The number of aliphatic carboxylic acids is 1. The monoisotopic (exact) mass is 412 g/mol. The lowest BCUT2D eigenvalue weighted by Crippen LogP contribution is -2.55. The third-order valence-corrected chi connectivity index (χ3v) is 3.09. The zero-order valence-corrected chi connectivity index (χ0v) is 14.6. The van der Waals surface area contributed by atoms with Crippen molar-refractivity contribution in [1.29, 1.82) is 0 Å². The molecule has 10 nitrogen and oxygen atoms in total. The van der Waals surface area contributed by atoms with Crippen LogP contribution in [0.15, 0.2) is 0 Å². The van der Waals surface area contributed by atoms with Crippen molar-refractivity contribution in [2.75, 3.05) is 5.33 Å². The Morgan fingerprint density at radius 2 is 1.29 bits per heavy atom. The second kappa shape index (κ2) is 9.98. The van der Waals surface area contributed by atoms with Crippen molar-refractivity contribution in [1.82, 2.24) is 0 Å². The highest BCUT2D eigenvalue weighted by atomic mass is 79.9. The number of Topliss-reactive ketones (excluding diaryl/α,β-unsaturated/α-hetero) is 1. The Bertz CT molecular complexity index is 517. The highest BCUT2D eigenvalue weighted by Crippen LogP contribution is 2.19. The van der Waals surface area contributed by atoms with E-state index in [1.54, 1.807) is 0 Å². The maximum Gasteiger partial charge on any atom is 0.336 e. The average molecular weight is 413 g/mol. The van der Waals surface area contributed by atoms with Gasteiger partial charge in [0, 0.05) is 20.8 Å². The fourth-order valence-electron chi connectivity index (χ4n) is 1.71. The van der Waals surface area contributed by atoms with Crippen LogP contribution in [0.25, 0.3) is 0 Å². The van der Waals surface area contributed by atoms with Crippen molar-refractivity contribution >= 4 is 45.6 Å². The summed E-state index contributed by atoms with van der Waals surface area (Å²) in [6.45, 7) is 2.82. The summed E-state index contributed by atoms with van der Waals surface area (Å²) in [5.41, 5.74) is 0. The summed E-state index contributed by atoms with van der Waals surface area (Å²) < 4.78 is 14.3. The van der Waals surface area contributed by atoms with E-state index >= 15 is 0 Å². The largest absolute Gasteiger partial charge is 0.479 e. The van der Waals surface area contributed by atoms with Gasteiger partial charge in [0.1, 0.15) is 0 Å². The summed E-state index contributed by atoms with van der Waals surface area (Å²) in [6.07, 6.45) is -7.95. The maximum absolute atomic E-state index is 12.0. The lowest BCUT2D eigenvalue weighted by atomic mass is 9.99. The molecule has 0 saturated heterocycles. The molecule has 0 aromatic carbocycles. The van der Waals surface area contributed by atoms with Gasteiger partial charge in [-0.2, -0.15) is 0 Å². The van der Waals surface area contributed by atoms with Gasteiger partial charge in [-0.3, -0.25) is 19.2 Å². The molecule has 0 fully saturated rings. The van der Waals surface area contributed by atoms with E-state index in [4.69, 9.17) is 14.6 Å². The number of carbonyl (C=O) groups is 5. The number of carbonyl (C=O) groups excluding carboxylic acids is 4. The first-order valence-electron chi connectivity index (χ1n) is 6.52. The normalized spacial score (nSPS) is 15.4. The van der Waals surface area contributed by atoms with E-state index in [2.05, 4.69) is 20.7 Å². The molecular weight excluding hydrogens is 396 g/mol. The van der Waals surface area contributed by atoms with Crippen molar-refractivity contribution in [3.8, 4) is 0 Å². The van der Waals surface area contributed by atoms with Gasteiger partial charge in [0.25, 0.3) is 0 Å². The fourth-order valence-corrected chi connectivity index (χ4v) is 2.03. The number of alkyl halides is 1. The number of ether oxygens (including phenoxy) is 3. The molecule has 0 spiro atoms. The Hall–Kier alpha value is -2.01. The Morgan fingerprint density at radius 3 is 1.62 bits per heavy atom. The molecular formula is C13H17BrO10. The van der Waals surface area contributed by atoms with Crippen LogP contribution >= 0.6 is 15.9 Å². The molecule has 4 atom stereocenters. The van der Waals surface area contributed by atoms with Crippen LogP contribution in [0, 0.1) is 0 Å². The predicted molar refractivity (Wildman–Crippen MR) is 79.1 cm³/mol. The van der Waals surface area contributed by atoms with Gasteiger partial charge in [-0.05, 0) is 0 Å². The summed E-state index contributed by atoms with van der Waals surface area (Å²) >= 11 is 2.84. The topological polar surface area (TPSA) is 154 Å². The first-order chi connectivity index (χ1) is 11.0. The number of carboxylic acid groups (broad SMARTS) is 1. The van der Waals surface area contributed by atoms with Gasteiger partial charge in [0.15, 0.2) is 24.1 Å². The molecule has 0 amide bonds. The molecule has 0 radical (unpaired) electrons. The number of esters is 3. The number of halogens is 1. The van der Waals surface area contributed by atoms with Crippen LogP contribution < -0.4 is 0 Å². The molecule has 0 saturated carbocycles. The van der Waals surface area contributed by atoms with Crippen LogP contribution in [-0.2, 0) is 38.2 Å². The van der Waals surface area contributed by atoms with E-state index < -0.39 is 54.1 Å². The summed E-state index contributed by atoms with van der Waals surface area (Å²) in [6, 6.07) is 0. The van der Waals surface area contributed by atoms with Crippen molar-refractivity contribution in [2.45, 2.75) is 45.2 Å². The van der Waals surface area contributed by atoms with Gasteiger partial charge in [0.2, 0.25) is 6.10 Å². The number of aliphatic hydroxyl groups is 1. The van der Waals surface area contributed by atoms with Gasteiger partial charge >= 0.3 is 23.9 Å². The second-order valence-electron chi connectivity index (χ2n) is 4.56. The number of aliphatic hydroxyl groups excluding tert-OH is 1. The van der Waals surface area contributed by atoms with E-state index in [-0.39, 0.29) is 5.33 Å². The SMILES string of the molecule is CC(=O)O[C@@H]([C@H](OC(C)=O)[C@@H](OC(C)=O)C(=O)CBr)[C@H](O)C(=O)O. The van der Waals surface area contributed by atoms with E-state index in [0.717, 1.165) is 20.8 Å². The van der Waals surface area contributed by atoms with Gasteiger partial charge in [0.05, 0.1) is 5.33 Å². The standard InChI is InChI=1S/C13H17BrO10/c1-5(15)22-10(8(18)4-14)12(24-7(3)17)11(23-6(2)16)9(19)13(20)21/h9-12,19H,4H2,1-3H3,(H,20,21)/t9-,10-,11+,12+/m0/s1. The van der Waals surface area contributed by atoms with Crippen LogP contribution in [0.4, 0.5) is 0 Å². The molecule has 24 heavy (non-hydrogen) atoms. The average Bonchev–Trinajstić information content (AvgIpc) is 2.46. The molecule has 0 aliphatic carbocycles. The van der Waals surface area contributed by atoms with Crippen molar-refractivity contribution in [2.24, 2.45) is 0 Å². The minimum atomic E-state index is -2.33. The molecule has 0 bridgehead atoms. The minimum absolute atomic E-state index is 0.335. The number of ketones is 1. The molecule has 0 rings (SSSR count). The van der Waals surface area contributed by atoms with E-state index in [0.29, 0.717) is 0 Å². The number of carboxylic acids is 1. The molecule has 11 heteroatoms. The summed E-state index contributed by atoms with van der Waals surface area (Å²) in [5.74, 6) is -5.52. The highest BCUT2D eigenvalue weighted by Gasteiger charge is 2.46. The minimum Gasteiger partial charge on any atom is -0.479 e. The van der Waals surface area contributed by atoms with Crippen molar-refractivity contribution < 1.29 is 48.4 Å².